The van der Waals surface area contributed by atoms with Gasteiger partial charge in [0.15, 0.2) is 0 Å². The van der Waals surface area contributed by atoms with Gasteiger partial charge < -0.3 is 9.30 Å². The number of hydrogen-bond donors (Lipinski definition) is 0. The monoisotopic (exact) mass is 376 g/mol. The van der Waals surface area contributed by atoms with Crippen LogP contribution in [-0.4, -0.2) is 22.9 Å². The number of hydrogen-bond acceptors (Lipinski definition) is 3. The molecule has 1 fully saturated rings. The number of benzene rings is 1. The molecule has 5 heteroatoms. The summed E-state index contributed by atoms with van der Waals surface area (Å²) in [4.78, 5) is 12.5. The highest BCUT2D eigenvalue weighted by molar-refractivity contribution is 6.72. The van der Waals surface area contributed by atoms with Crippen molar-refractivity contribution in [3.63, 3.8) is 0 Å². The Labute approximate surface area is 168 Å². The highest BCUT2D eigenvalue weighted by atomic mass is 16.6. The molecule has 1 aromatic carbocycles. The van der Waals surface area contributed by atoms with E-state index in [4.69, 9.17) is 4.74 Å². The van der Waals surface area contributed by atoms with Crippen molar-refractivity contribution in [2.45, 2.75) is 57.8 Å². The number of fused-ring (bicyclic) bond motifs is 1. The van der Waals surface area contributed by atoms with Gasteiger partial charge in [-0.15, -0.1) is 0 Å². The molecule has 0 amide bonds. The van der Waals surface area contributed by atoms with Crippen molar-refractivity contribution in [2.24, 2.45) is 13.0 Å². The minimum atomic E-state index is -0.516. The summed E-state index contributed by atoms with van der Waals surface area (Å²) < 4.78 is 7.72. The smallest absolute Gasteiger partial charge is 0.303 e. The third kappa shape index (κ3) is 4.33. The summed E-state index contributed by atoms with van der Waals surface area (Å²) >= 11 is 0. The standard InChI is InChI=1S/C23H29BN2O2/c1-16(21-13-18-8-6-7-9-20(18)26(21)5)10-11-17-12-19(24(14-17)15-25)22(27)28-23(2,3)4/h6-9,13,17,19H,1,10-12,14H2,2-5H3. The molecule has 0 radical (unpaired) electrons. The van der Waals surface area contributed by atoms with E-state index < -0.39 is 5.60 Å². The third-order valence-corrected chi connectivity index (χ3v) is 5.70. The first-order valence-corrected chi connectivity index (χ1v) is 10.0. The molecule has 146 valence electrons. The van der Waals surface area contributed by atoms with Crippen LogP contribution < -0.4 is 0 Å². The molecule has 28 heavy (non-hydrogen) atoms. The first-order chi connectivity index (χ1) is 13.2. The van der Waals surface area contributed by atoms with Gasteiger partial charge in [-0.2, -0.15) is 0 Å². The molecule has 2 heterocycles. The number of rotatable bonds is 5. The molecule has 0 spiro atoms. The fourth-order valence-electron chi connectivity index (χ4n) is 4.29. The Kier molecular flexibility index (Phi) is 5.70. The number of carbonyl (C=O) groups excluding carboxylic acids is 1. The molecule has 1 aliphatic rings. The third-order valence-electron chi connectivity index (χ3n) is 5.70. The van der Waals surface area contributed by atoms with Gasteiger partial charge in [-0.1, -0.05) is 31.1 Å². The normalized spacial score (nSPS) is 19.6. The molecule has 0 N–H and O–H groups in total. The van der Waals surface area contributed by atoms with Crippen molar-refractivity contribution in [3.05, 3.63) is 42.6 Å². The first kappa shape index (κ1) is 20.3. The van der Waals surface area contributed by atoms with Crippen LogP contribution in [0.2, 0.25) is 12.1 Å². The minimum Gasteiger partial charge on any atom is -0.460 e. The molecule has 1 aromatic heterocycles. The lowest BCUT2D eigenvalue weighted by Crippen LogP contribution is -2.30. The summed E-state index contributed by atoms with van der Waals surface area (Å²) in [5.41, 5.74) is 2.94. The second kappa shape index (κ2) is 7.87. The number of ether oxygens (including phenoxy) is 1. The molecule has 3 rings (SSSR count). The summed E-state index contributed by atoms with van der Waals surface area (Å²) in [5, 5.41) is 10.7. The van der Waals surface area contributed by atoms with Crippen LogP contribution in [0.25, 0.3) is 16.5 Å². The molecule has 0 saturated carbocycles. The summed E-state index contributed by atoms with van der Waals surface area (Å²) in [6.45, 7) is 9.66. The second-order valence-corrected chi connectivity index (χ2v) is 9.00. The maximum atomic E-state index is 12.5. The zero-order chi connectivity index (χ0) is 20.5. The topological polar surface area (TPSA) is 55.0 Å². The van der Waals surface area contributed by atoms with Gasteiger partial charge in [-0.05, 0) is 63.7 Å². The minimum absolute atomic E-state index is 0.228. The number of nitriles is 1. The quantitative estimate of drug-likeness (QED) is 0.528. The van der Waals surface area contributed by atoms with Gasteiger partial charge in [0.1, 0.15) is 5.60 Å². The van der Waals surface area contributed by atoms with Crippen LogP contribution in [0.5, 0.6) is 0 Å². The van der Waals surface area contributed by atoms with Gasteiger partial charge in [0.2, 0.25) is 0 Å². The Bertz CT molecular complexity index is 932. The summed E-state index contributed by atoms with van der Waals surface area (Å²) in [7, 11) is 2.07. The van der Waals surface area contributed by atoms with Gasteiger partial charge in [0.05, 0.1) is 5.82 Å². The predicted molar refractivity (Wildman–Crippen MR) is 115 cm³/mol. The zero-order valence-electron chi connectivity index (χ0n) is 17.4. The Morgan fingerprint density at radius 2 is 2.11 bits per heavy atom. The van der Waals surface area contributed by atoms with Crippen LogP contribution in [0, 0.1) is 17.1 Å². The van der Waals surface area contributed by atoms with Crippen LogP contribution in [-0.2, 0) is 16.6 Å². The van der Waals surface area contributed by atoms with E-state index in [2.05, 4.69) is 42.4 Å². The molecule has 1 saturated heterocycles. The Hall–Kier alpha value is -2.48. The van der Waals surface area contributed by atoms with Crippen molar-refractivity contribution in [1.29, 1.82) is 5.26 Å². The van der Waals surface area contributed by atoms with Crippen molar-refractivity contribution < 1.29 is 9.53 Å². The SMILES string of the molecule is C=C(CCC1CB(C#N)C(C(=O)OC(C)(C)C)C1)c1cc2ccccc2n1C. The Morgan fingerprint density at radius 1 is 1.39 bits per heavy atom. The number of esters is 1. The molecule has 2 aromatic rings. The molecule has 2 atom stereocenters. The van der Waals surface area contributed by atoms with Crippen LogP contribution >= 0.6 is 0 Å². The lowest BCUT2D eigenvalue weighted by atomic mass is 9.43. The van der Waals surface area contributed by atoms with Crippen molar-refractivity contribution >= 4 is 29.2 Å². The number of para-hydroxylation sites is 1. The molecule has 0 bridgehead atoms. The van der Waals surface area contributed by atoms with Crippen LogP contribution in [0.1, 0.15) is 45.7 Å². The van der Waals surface area contributed by atoms with Crippen LogP contribution in [0.3, 0.4) is 0 Å². The zero-order valence-corrected chi connectivity index (χ0v) is 17.4. The molecular formula is C23H29BN2O2. The first-order valence-electron chi connectivity index (χ1n) is 10.0. The number of aromatic nitrogens is 1. The van der Waals surface area contributed by atoms with Gasteiger partial charge in [0, 0.05) is 29.6 Å². The maximum Gasteiger partial charge on any atom is 0.303 e. The van der Waals surface area contributed by atoms with E-state index in [1.54, 1.807) is 0 Å². The van der Waals surface area contributed by atoms with Gasteiger partial charge in [-0.3, -0.25) is 4.79 Å². The Morgan fingerprint density at radius 3 is 2.75 bits per heavy atom. The number of allylic oxidation sites excluding steroid dienone is 1. The summed E-state index contributed by atoms with van der Waals surface area (Å²) in [5.74, 6) is 2.15. The molecule has 0 aliphatic carbocycles. The van der Waals surface area contributed by atoms with E-state index in [9.17, 15) is 10.1 Å². The molecular weight excluding hydrogens is 347 g/mol. The van der Waals surface area contributed by atoms with Gasteiger partial charge in [0.25, 0.3) is 6.71 Å². The number of aryl methyl sites for hydroxylation is 1. The second-order valence-electron chi connectivity index (χ2n) is 9.00. The highest BCUT2D eigenvalue weighted by Gasteiger charge is 2.43. The van der Waals surface area contributed by atoms with E-state index >= 15 is 0 Å². The fraction of sp³-hybridized carbons (Fsp3) is 0.478. The van der Waals surface area contributed by atoms with E-state index in [0.717, 1.165) is 36.8 Å². The lowest BCUT2D eigenvalue weighted by Gasteiger charge is -2.22. The van der Waals surface area contributed by atoms with Gasteiger partial charge >= 0.3 is 5.97 Å². The highest BCUT2D eigenvalue weighted by Crippen LogP contribution is 2.40. The van der Waals surface area contributed by atoms with E-state index in [1.807, 2.05) is 32.9 Å². The van der Waals surface area contributed by atoms with E-state index in [-0.39, 0.29) is 18.5 Å². The van der Waals surface area contributed by atoms with E-state index in [0.29, 0.717) is 5.92 Å². The summed E-state index contributed by atoms with van der Waals surface area (Å²) in [6, 6.07) is 10.5. The maximum absolute atomic E-state index is 12.5. The fourth-order valence-corrected chi connectivity index (χ4v) is 4.29. The molecule has 2 unspecified atom stereocenters. The van der Waals surface area contributed by atoms with Crippen LogP contribution in [0.4, 0.5) is 0 Å². The van der Waals surface area contributed by atoms with E-state index in [1.165, 1.54) is 10.9 Å². The average Bonchev–Trinajstić information content (AvgIpc) is 3.20. The largest absolute Gasteiger partial charge is 0.460 e. The van der Waals surface area contributed by atoms with Crippen molar-refractivity contribution in [2.75, 3.05) is 0 Å². The predicted octanol–water partition coefficient (Wildman–Crippen LogP) is 5.26. The summed E-state index contributed by atoms with van der Waals surface area (Å²) in [6.07, 6.45) is 3.31. The molecule has 1 aliphatic heterocycles. The van der Waals surface area contributed by atoms with Crippen molar-refractivity contribution in [1.82, 2.24) is 4.57 Å². The van der Waals surface area contributed by atoms with Crippen molar-refractivity contribution in [3.8, 4) is 5.97 Å². The number of carbonyl (C=O) groups is 1. The lowest BCUT2D eigenvalue weighted by molar-refractivity contribution is -0.154. The van der Waals surface area contributed by atoms with Gasteiger partial charge in [-0.25, -0.2) is 5.26 Å². The Balaban J connectivity index is 1.63. The molecule has 4 nitrogen and oxygen atoms in total. The average molecular weight is 376 g/mol. The number of nitrogens with zero attached hydrogens (tertiary/aromatic N) is 2. The van der Waals surface area contributed by atoms with Crippen LogP contribution in [0.15, 0.2) is 36.9 Å².